The van der Waals surface area contributed by atoms with Gasteiger partial charge in [0.15, 0.2) is 0 Å². The summed E-state index contributed by atoms with van der Waals surface area (Å²) in [6.07, 6.45) is 10.2. The van der Waals surface area contributed by atoms with Crippen molar-refractivity contribution >= 4 is 0 Å². The van der Waals surface area contributed by atoms with E-state index in [9.17, 15) is 0 Å². The van der Waals surface area contributed by atoms with E-state index in [2.05, 4.69) is 15.9 Å². The largest absolute Gasteiger partial charge is 0.468 e. The number of furan rings is 1. The Bertz CT molecular complexity index is 502. The monoisotopic (exact) mass is 332 g/mol. The fourth-order valence-electron chi connectivity index (χ4n) is 5.49. The molecule has 1 aromatic heterocycles. The van der Waals surface area contributed by atoms with Gasteiger partial charge in [0.2, 0.25) is 0 Å². The molecule has 2 aliphatic heterocycles. The summed E-state index contributed by atoms with van der Waals surface area (Å²) in [7, 11) is 1.86. The highest BCUT2D eigenvalue weighted by Gasteiger charge is 2.48. The third-order valence-electron chi connectivity index (χ3n) is 6.85. The number of nitrogens with zero attached hydrogens (tertiary/aromatic N) is 2. The van der Waals surface area contributed by atoms with Gasteiger partial charge in [0.1, 0.15) is 5.76 Å². The summed E-state index contributed by atoms with van der Waals surface area (Å²) >= 11 is 0. The van der Waals surface area contributed by atoms with E-state index < -0.39 is 0 Å². The van der Waals surface area contributed by atoms with Crippen LogP contribution >= 0.6 is 0 Å². The minimum Gasteiger partial charge on any atom is -0.468 e. The summed E-state index contributed by atoms with van der Waals surface area (Å²) in [5.41, 5.74) is 0.456. The molecule has 0 radical (unpaired) electrons. The molecule has 1 unspecified atom stereocenters. The molecule has 4 heteroatoms. The minimum absolute atomic E-state index is 0.456. The maximum Gasteiger partial charge on any atom is 0.117 e. The molecular formula is C20H32N2O2. The molecule has 4 nitrogen and oxygen atoms in total. The minimum atomic E-state index is 0.456. The Labute approximate surface area is 146 Å². The predicted octanol–water partition coefficient (Wildman–Crippen LogP) is 3.38. The molecule has 3 fully saturated rings. The van der Waals surface area contributed by atoms with E-state index in [1.54, 1.807) is 6.26 Å². The number of ether oxygens (including phenoxy) is 1. The summed E-state index contributed by atoms with van der Waals surface area (Å²) in [5.74, 6) is 1.76. The second-order valence-corrected chi connectivity index (χ2v) is 8.24. The first-order valence-electron chi connectivity index (χ1n) is 9.77. The third kappa shape index (κ3) is 3.29. The first-order chi connectivity index (χ1) is 11.8. The summed E-state index contributed by atoms with van der Waals surface area (Å²) < 4.78 is 11.2. The number of rotatable bonds is 5. The zero-order chi connectivity index (χ0) is 16.4. The van der Waals surface area contributed by atoms with Crippen LogP contribution in [-0.2, 0) is 11.3 Å². The van der Waals surface area contributed by atoms with Gasteiger partial charge < -0.3 is 14.1 Å². The lowest BCUT2D eigenvalue weighted by molar-refractivity contribution is 0.0238. The predicted molar refractivity (Wildman–Crippen MR) is 94.8 cm³/mol. The van der Waals surface area contributed by atoms with Crippen LogP contribution in [0.25, 0.3) is 0 Å². The number of hydrogen-bond donors (Lipinski definition) is 0. The highest BCUT2D eigenvalue weighted by molar-refractivity contribution is 5.04. The smallest absolute Gasteiger partial charge is 0.117 e. The molecule has 134 valence electrons. The van der Waals surface area contributed by atoms with Crippen molar-refractivity contribution < 1.29 is 9.15 Å². The number of methoxy groups -OCH3 is 1. The fraction of sp³-hybridized carbons (Fsp3) is 0.800. The van der Waals surface area contributed by atoms with Crippen LogP contribution in [0.5, 0.6) is 0 Å². The van der Waals surface area contributed by atoms with E-state index >= 15 is 0 Å². The molecule has 0 bridgehead atoms. The molecule has 3 heterocycles. The average Bonchev–Trinajstić information content (AvgIpc) is 3.33. The SMILES string of the molecule is COCC1CN(Cc2ccco2)CC12CCN(C1CCCC1)CC2. The normalized spacial score (nSPS) is 29.0. The number of hydrogen-bond acceptors (Lipinski definition) is 4. The molecule has 0 N–H and O–H groups in total. The Morgan fingerprint density at radius 3 is 2.71 bits per heavy atom. The van der Waals surface area contributed by atoms with Crippen molar-refractivity contribution in [2.45, 2.75) is 51.1 Å². The van der Waals surface area contributed by atoms with Crippen LogP contribution in [0.15, 0.2) is 22.8 Å². The van der Waals surface area contributed by atoms with Crippen LogP contribution in [0.1, 0.15) is 44.3 Å². The van der Waals surface area contributed by atoms with Crippen molar-refractivity contribution in [1.82, 2.24) is 9.80 Å². The van der Waals surface area contributed by atoms with Gasteiger partial charge in [0.05, 0.1) is 19.4 Å². The van der Waals surface area contributed by atoms with Crippen LogP contribution in [0.3, 0.4) is 0 Å². The van der Waals surface area contributed by atoms with Gasteiger partial charge in [-0.25, -0.2) is 0 Å². The maximum atomic E-state index is 5.60. The molecule has 24 heavy (non-hydrogen) atoms. The molecule has 2 saturated heterocycles. The topological polar surface area (TPSA) is 28.9 Å². The number of likely N-dealkylation sites (tertiary alicyclic amines) is 2. The van der Waals surface area contributed by atoms with E-state index in [1.807, 2.05) is 13.2 Å². The Balaban J connectivity index is 1.40. The van der Waals surface area contributed by atoms with Crippen LogP contribution in [0, 0.1) is 11.3 Å². The Morgan fingerprint density at radius 2 is 2.04 bits per heavy atom. The lowest BCUT2D eigenvalue weighted by Gasteiger charge is -2.44. The first-order valence-corrected chi connectivity index (χ1v) is 9.77. The Kier molecular flexibility index (Phi) is 4.98. The zero-order valence-electron chi connectivity index (χ0n) is 15.1. The van der Waals surface area contributed by atoms with Crippen molar-refractivity contribution in [1.29, 1.82) is 0 Å². The van der Waals surface area contributed by atoms with Crippen molar-refractivity contribution in [2.24, 2.45) is 11.3 Å². The second kappa shape index (κ2) is 7.19. The number of piperidine rings is 1. The van der Waals surface area contributed by atoms with Gasteiger partial charge in [-0.05, 0) is 56.3 Å². The lowest BCUT2D eigenvalue weighted by atomic mass is 9.71. The summed E-state index contributed by atoms with van der Waals surface area (Å²) in [6.45, 7) is 6.79. The van der Waals surface area contributed by atoms with Gasteiger partial charge in [0.25, 0.3) is 0 Å². The van der Waals surface area contributed by atoms with Crippen molar-refractivity contribution in [3.05, 3.63) is 24.2 Å². The quantitative estimate of drug-likeness (QED) is 0.826. The van der Waals surface area contributed by atoms with Gasteiger partial charge in [-0.1, -0.05) is 12.8 Å². The van der Waals surface area contributed by atoms with Crippen LogP contribution in [-0.4, -0.2) is 55.7 Å². The van der Waals surface area contributed by atoms with Crippen molar-refractivity contribution in [3.63, 3.8) is 0 Å². The summed E-state index contributed by atoms with van der Waals surface area (Å²) in [5, 5.41) is 0. The Hall–Kier alpha value is -0.840. The lowest BCUT2D eigenvalue weighted by Crippen LogP contribution is -2.48. The second-order valence-electron chi connectivity index (χ2n) is 8.24. The van der Waals surface area contributed by atoms with Gasteiger partial charge in [-0.15, -0.1) is 0 Å². The molecule has 1 saturated carbocycles. The van der Waals surface area contributed by atoms with E-state index in [0.717, 1.165) is 31.5 Å². The first kappa shape index (κ1) is 16.6. The van der Waals surface area contributed by atoms with Crippen LogP contribution < -0.4 is 0 Å². The summed E-state index contributed by atoms with van der Waals surface area (Å²) in [6, 6.07) is 4.97. The van der Waals surface area contributed by atoms with Gasteiger partial charge in [-0.3, -0.25) is 4.90 Å². The maximum absolute atomic E-state index is 5.60. The summed E-state index contributed by atoms with van der Waals surface area (Å²) in [4.78, 5) is 5.38. The molecule has 4 rings (SSSR count). The highest BCUT2D eigenvalue weighted by atomic mass is 16.5. The van der Waals surface area contributed by atoms with Gasteiger partial charge in [0, 0.05) is 32.2 Å². The van der Waals surface area contributed by atoms with Crippen molar-refractivity contribution in [2.75, 3.05) is 39.9 Å². The standard InChI is InChI=1S/C20H32N2O2/c1-23-15-17-13-21(14-19-7-4-12-24-19)16-20(17)8-10-22(11-9-20)18-5-2-3-6-18/h4,7,12,17-18H,2-3,5-6,8-11,13-16H2,1H3. The highest BCUT2D eigenvalue weighted by Crippen LogP contribution is 2.46. The Morgan fingerprint density at radius 1 is 1.25 bits per heavy atom. The van der Waals surface area contributed by atoms with Crippen LogP contribution in [0.2, 0.25) is 0 Å². The molecule has 1 spiro atoms. The molecule has 3 aliphatic rings. The van der Waals surface area contributed by atoms with E-state index in [-0.39, 0.29) is 0 Å². The van der Waals surface area contributed by atoms with Crippen LogP contribution in [0.4, 0.5) is 0 Å². The fourth-order valence-corrected chi connectivity index (χ4v) is 5.49. The third-order valence-corrected chi connectivity index (χ3v) is 6.85. The van der Waals surface area contributed by atoms with Crippen molar-refractivity contribution in [3.8, 4) is 0 Å². The molecule has 0 aromatic carbocycles. The van der Waals surface area contributed by atoms with Gasteiger partial charge >= 0.3 is 0 Å². The van der Waals surface area contributed by atoms with E-state index in [0.29, 0.717) is 11.3 Å². The molecule has 1 aromatic rings. The van der Waals surface area contributed by atoms with E-state index in [1.165, 1.54) is 58.2 Å². The average molecular weight is 332 g/mol. The molecular weight excluding hydrogens is 300 g/mol. The zero-order valence-corrected chi connectivity index (χ0v) is 15.1. The van der Waals surface area contributed by atoms with Gasteiger partial charge in [-0.2, -0.15) is 0 Å². The molecule has 1 aliphatic carbocycles. The molecule has 1 atom stereocenters. The van der Waals surface area contributed by atoms with E-state index in [4.69, 9.17) is 9.15 Å². The molecule has 0 amide bonds.